The number of hydrogen-bond donors (Lipinski definition) is 0. The fourth-order valence-corrected chi connectivity index (χ4v) is 3.79. The number of nitrogens with zero attached hydrogens (tertiary/aromatic N) is 6. The summed E-state index contributed by atoms with van der Waals surface area (Å²) in [6.07, 6.45) is 4.17. The Morgan fingerprint density at radius 1 is 1.24 bits per heavy atom. The average molecular weight is 402 g/mol. The second-order valence-electron chi connectivity index (χ2n) is 7.40. The summed E-state index contributed by atoms with van der Waals surface area (Å²) in [7, 11) is 3.29. The van der Waals surface area contributed by atoms with Gasteiger partial charge in [-0.15, -0.1) is 5.10 Å². The first-order valence-electron chi connectivity index (χ1n) is 9.30. The Labute approximate surface area is 165 Å². The second kappa shape index (κ2) is 7.34. The van der Waals surface area contributed by atoms with Crippen LogP contribution in [0.2, 0.25) is 0 Å². The number of carbonyl (C=O) groups excluding carboxylic acids is 1. The van der Waals surface area contributed by atoms with Crippen molar-refractivity contribution in [3.05, 3.63) is 47.4 Å². The minimum Gasteiger partial charge on any atom is -0.347 e. The molecule has 1 aliphatic carbocycles. The molecule has 8 nitrogen and oxygen atoms in total. The molecule has 1 aliphatic rings. The van der Waals surface area contributed by atoms with Gasteiger partial charge in [0.25, 0.3) is 5.89 Å². The van der Waals surface area contributed by atoms with Gasteiger partial charge in [0.05, 0.1) is 11.6 Å². The average Bonchev–Trinajstić information content (AvgIpc) is 3.42. The van der Waals surface area contributed by atoms with Crippen molar-refractivity contribution in [3.8, 4) is 11.6 Å². The number of amides is 1. The molecule has 4 rings (SSSR count). The van der Waals surface area contributed by atoms with Crippen molar-refractivity contribution in [2.75, 3.05) is 14.1 Å². The highest BCUT2D eigenvalue weighted by molar-refractivity contribution is 5.75. The van der Waals surface area contributed by atoms with Crippen LogP contribution in [0.3, 0.4) is 0 Å². The monoisotopic (exact) mass is 402 g/mol. The van der Waals surface area contributed by atoms with Crippen LogP contribution in [0.1, 0.15) is 37.1 Å². The van der Waals surface area contributed by atoms with Gasteiger partial charge in [0, 0.05) is 19.7 Å². The molecule has 0 spiro atoms. The number of aromatic nitrogens is 5. The predicted molar refractivity (Wildman–Crippen MR) is 97.6 cm³/mol. The zero-order valence-corrected chi connectivity index (χ0v) is 16.1. The summed E-state index contributed by atoms with van der Waals surface area (Å²) in [4.78, 5) is 17.7. The highest BCUT2D eigenvalue weighted by atomic mass is 19.1. The molecule has 2 aromatic heterocycles. The lowest BCUT2D eigenvalue weighted by Gasteiger charge is -2.26. The van der Waals surface area contributed by atoms with E-state index in [0.717, 1.165) is 12.8 Å². The van der Waals surface area contributed by atoms with E-state index < -0.39 is 17.0 Å². The van der Waals surface area contributed by atoms with Crippen molar-refractivity contribution in [1.29, 1.82) is 0 Å². The molecule has 29 heavy (non-hydrogen) atoms. The highest BCUT2D eigenvalue weighted by Crippen LogP contribution is 2.47. The molecule has 152 valence electrons. The molecule has 1 fully saturated rings. The molecule has 2 heterocycles. The lowest BCUT2D eigenvalue weighted by molar-refractivity contribution is -0.129. The minimum absolute atomic E-state index is 0.0192. The van der Waals surface area contributed by atoms with Gasteiger partial charge >= 0.3 is 0 Å². The van der Waals surface area contributed by atoms with E-state index in [0.29, 0.717) is 12.8 Å². The van der Waals surface area contributed by atoms with Gasteiger partial charge < -0.3 is 9.42 Å². The lowest BCUT2D eigenvalue weighted by Crippen LogP contribution is -2.28. The molecular formula is C19H20F2N6O2. The Morgan fingerprint density at radius 3 is 2.59 bits per heavy atom. The van der Waals surface area contributed by atoms with E-state index in [-0.39, 0.29) is 35.4 Å². The summed E-state index contributed by atoms with van der Waals surface area (Å²) < 4.78 is 35.8. The van der Waals surface area contributed by atoms with Gasteiger partial charge in [0.1, 0.15) is 18.2 Å². The number of rotatable bonds is 5. The molecule has 0 bridgehead atoms. The quantitative estimate of drug-likeness (QED) is 0.652. The van der Waals surface area contributed by atoms with Crippen molar-refractivity contribution < 1.29 is 18.1 Å². The molecule has 1 aromatic carbocycles. The van der Waals surface area contributed by atoms with Crippen LogP contribution in [-0.2, 0) is 16.8 Å². The molecule has 0 saturated heterocycles. The molecule has 0 aliphatic heterocycles. The fourth-order valence-electron chi connectivity index (χ4n) is 3.79. The maximum atomic E-state index is 14.6. The van der Waals surface area contributed by atoms with Crippen LogP contribution in [0.5, 0.6) is 0 Å². The van der Waals surface area contributed by atoms with Gasteiger partial charge in [-0.05, 0) is 25.0 Å². The van der Waals surface area contributed by atoms with Gasteiger partial charge in [-0.25, -0.2) is 13.5 Å². The number of hydrogen-bond acceptors (Lipinski definition) is 6. The van der Waals surface area contributed by atoms with Crippen LogP contribution in [0.15, 0.2) is 28.9 Å². The summed E-state index contributed by atoms with van der Waals surface area (Å²) in [6.45, 7) is 0.0192. The first-order chi connectivity index (χ1) is 13.9. The van der Waals surface area contributed by atoms with Gasteiger partial charge in [0.15, 0.2) is 11.5 Å². The van der Waals surface area contributed by atoms with Crippen molar-refractivity contribution >= 4 is 5.91 Å². The number of halogens is 2. The predicted octanol–water partition coefficient (Wildman–Crippen LogP) is 2.55. The molecule has 0 radical (unpaired) electrons. The van der Waals surface area contributed by atoms with Crippen LogP contribution < -0.4 is 0 Å². The van der Waals surface area contributed by atoms with Crippen molar-refractivity contribution in [3.63, 3.8) is 0 Å². The summed E-state index contributed by atoms with van der Waals surface area (Å²) in [5.74, 6) is -1.06. The Hall–Kier alpha value is -3.17. The van der Waals surface area contributed by atoms with E-state index in [1.807, 2.05) is 0 Å². The second-order valence-corrected chi connectivity index (χ2v) is 7.40. The van der Waals surface area contributed by atoms with E-state index in [1.165, 1.54) is 34.0 Å². The minimum atomic E-state index is -0.978. The van der Waals surface area contributed by atoms with Crippen LogP contribution in [0, 0.1) is 11.6 Å². The Kier molecular flexibility index (Phi) is 4.85. The van der Waals surface area contributed by atoms with Gasteiger partial charge in [0.2, 0.25) is 5.91 Å². The molecule has 0 N–H and O–H groups in total. The third kappa shape index (κ3) is 3.39. The van der Waals surface area contributed by atoms with Crippen molar-refractivity contribution in [1.82, 2.24) is 30.0 Å². The normalized spacial score (nSPS) is 15.6. The SMILES string of the molecule is CN(C)C(=O)Cn1cc(-c2nc(C3(c4c(F)cccc4F)CCCC3)no2)nn1. The third-order valence-electron chi connectivity index (χ3n) is 5.31. The van der Waals surface area contributed by atoms with Gasteiger partial charge in [-0.2, -0.15) is 4.98 Å². The third-order valence-corrected chi connectivity index (χ3v) is 5.31. The Balaban J connectivity index is 1.68. The summed E-state index contributed by atoms with van der Waals surface area (Å²) in [5.41, 5.74) is -0.712. The first kappa shape index (κ1) is 19.2. The molecule has 0 unspecified atom stereocenters. The van der Waals surface area contributed by atoms with Crippen LogP contribution in [0.25, 0.3) is 11.6 Å². The highest BCUT2D eigenvalue weighted by Gasteiger charge is 2.45. The van der Waals surface area contributed by atoms with E-state index in [9.17, 15) is 13.6 Å². The molecule has 0 atom stereocenters. The molecule has 10 heteroatoms. The van der Waals surface area contributed by atoms with Crippen LogP contribution in [0.4, 0.5) is 8.78 Å². The summed E-state index contributed by atoms with van der Waals surface area (Å²) >= 11 is 0. The number of benzene rings is 1. The summed E-state index contributed by atoms with van der Waals surface area (Å²) in [6, 6.07) is 3.82. The van der Waals surface area contributed by atoms with Crippen LogP contribution >= 0.6 is 0 Å². The zero-order valence-electron chi connectivity index (χ0n) is 16.1. The number of likely N-dealkylation sites (N-methyl/N-ethyl adjacent to an activating group) is 1. The van der Waals surface area contributed by atoms with Gasteiger partial charge in [-0.1, -0.05) is 29.3 Å². The molecular weight excluding hydrogens is 382 g/mol. The maximum absolute atomic E-state index is 14.6. The summed E-state index contributed by atoms with van der Waals surface area (Å²) in [5, 5.41) is 11.9. The Bertz CT molecular complexity index is 1020. The molecule has 3 aromatic rings. The van der Waals surface area contributed by atoms with Crippen molar-refractivity contribution in [2.45, 2.75) is 37.6 Å². The lowest BCUT2D eigenvalue weighted by atomic mass is 9.77. The first-order valence-corrected chi connectivity index (χ1v) is 9.30. The van der Waals surface area contributed by atoms with Gasteiger partial charge in [-0.3, -0.25) is 4.79 Å². The standard InChI is InChI=1S/C19H20F2N6O2/c1-26(2)15(28)11-27-10-14(23-25-27)17-22-18(24-29-17)19(8-3-4-9-19)16-12(20)6-5-7-13(16)21/h5-7,10H,3-4,8-9,11H2,1-2H3. The smallest absolute Gasteiger partial charge is 0.280 e. The number of carbonyl (C=O) groups is 1. The molecule has 1 amide bonds. The van der Waals surface area contributed by atoms with E-state index in [2.05, 4.69) is 20.5 Å². The largest absolute Gasteiger partial charge is 0.347 e. The van der Waals surface area contributed by atoms with E-state index in [1.54, 1.807) is 14.1 Å². The van der Waals surface area contributed by atoms with E-state index >= 15 is 0 Å². The van der Waals surface area contributed by atoms with Crippen LogP contribution in [-0.4, -0.2) is 50.0 Å². The van der Waals surface area contributed by atoms with E-state index in [4.69, 9.17) is 4.52 Å². The van der Waals surface area contributed by atoms with Crippen molar-refractivity contribution in [2.24, 2.45) is 0 Å². The maximum Gasteiger partial charge on any atom is 0.280 e. The fraction of sp³-hybridized carbons (Fsp3) is 0.421. The Morgan fingerprint density at radius 2 is 1.93 bits per heavy atom. The molecule has 1 saturated carbocycles. The topological polar surface area (TPSA) is 89.9 Å². The zero-order chi connectivity index (χ0) is 20.6.